The van der Waals surface area contributed by atoms with E-state index in [1.165, 1.54) is 18.3 Å². The molecule has 0 saturated carbocycles. The summed E-state index contributed by atoms with van der Waals surface area (Å²) in [5, 5.41) is -0.141. The Morgan fingerprint density at radius 1 is 1.16 bits per heavy atom. The van der Waals surface area contributed by atoms with Gasteiger partial charge in [-0.1, -0.05) is 0 Å². The number of nitrogens with zero attached hydrogens (tertiary/aromatic N) is 1. The second kappa shape index (κ2) is 4.34. The minimum atomic E-state index is -5.82. The van der Waals surface area contributed by atoms with Crippen molar-refractivity contribution in [3.63, 3.8) is 0 Å². The third-order valence-corrected chi connectivity index (χ3v) is 3.13. The number of halogens is 4. The normalized spacial score (nSPS) is 12.6. The number of aromatic nitrogens is 1. The summed E-state index contributed by atoms with van der Waals surface area (Å²) < 4.78 is 75.7. The molecule has 19 heavy (non-hydrogen) atoms. The van der Waals surface area contributed by atoms with Gasteiger partial charge in [0.2, 0.25) is 0 Å². The van der Waals surface area contributed by atoms with Gasteiger partial charge in [0, 0.05) is 11.6 Å². The third kappa shape index (κ3) is 2.46. The SMILES string of the molecule is O=S(=O)(Oc1ccc(F)c2cccnc12)C(F)(F)F. The maximum absolute atomic E-state index is 13.4. The lowest BCUT2D eigenvalue weighted by Crippen LogP contribution is -2.28. The minimum Gasteiger partial charge on any atom is -0.374 e. The van der Waals surface area contributed by atoms with Crippen molar-refractivity contribution in [2.24, 2.45) is 0 Å². The van der Waals surface area contributed by atoms with Gasteiger partial charge in [-0.25, -0.2) is 4.39 Å². The molecular weight excluding hydrogens is 290 g/mol. The van der Waals surface area contributed by atoms with Crippen molar-refractivity contribution in [3.05, 3.63) is 36.3 Å². The Balaban J connectivity index is 2.57. The van der Waals surface area contributed by atoms with E-state index >= 15 is 0 Å². The first-order chi connectivity index (χ1) is 8.72. The molecule has 0 fully saturated rings. The van der Waals surface area contributed by atoms with Crippen LogP contribution in [0.3, 0.4) is 0 Å². The van der Waals surface area contributed by atoms with Crippen LogP contribution in [0.2, 0.25) is 0 Å². The van der Waals surface area contributed by atoms with E-state index in [0.717, 1.165) is 12.1 Å². The summed E-state index contributed by atoms with van der Waals surface area (Å²) in [4.78, 5) is 3.61. The largest absolute Gasteiger partial charge is 0.534 e. The molecule has 1 heterocycles. The highest BCUT2D eigenvalue weighted by molar-refractivity contribution is 7.88. The van der Waals surface area contributed by atoms with Gasteiger partial charge in [-0.15, -0.1) is 0 Å². The van der Waals surface area contributed by atoms with Gasteiger partial charge < -0.3 is 4.18 Å². The highest BCUT2D eigenvalue weighted by Gasteiger charge is 2.48. The van der Waals surface area contributed by atoms with Crippen molar-refractivity contribution >= 4 is 21.0 Å². The van der Waals surface area contributed by atoms with Crippen molar-refractivity contribution in [3.8, 4) is 5.75 Å². The van der Waals surface area contributed by atoms with Crippen LogP contribution < -0.4 is 4.18 Å². The molecular formula is C10H5F4NO3S. The number of benzene rings is 1. The Kier molecular flexibility index (Phi) is 3.09. The molecule has 0 aliphatic rings. The van der Waals surface area contributed by atoms with Crippen molar-refractivity contribution in [1.29, 1.82) is 0 Å². The van der Waals surface area contributed by atoms with E-state index in [1.807, 2.05) is 0 Å². The standard InChI is InChI=1S/C10H5F4NO3S/c11-7-3-4-8(9-6(7)2-1-5-15-9)18-19(16,17)10(12,13)14/h1-5H. The number of alkyl halides is 3. The lowest BCUT2D eigenvalue weighted by atomic mass is 10.2. The Morgan fingerprint density at radius 2 is 1.84 bits per heavy atom. The first kappa shape index (κ1) is 13.5. The average molecular weight is 295 g/mol. The van der Waals surface area contributed by atoms with Crippen LogP contribution in [0.4, 0.5) is 17.6 Å². The van der Waals surface area contributed by atoms with E-state index in [0.29, 0.717) is 0 Å². The highest BCUT2D eigenvalue weighted by atomic mass is 32.2. The number of pyridine rings is 1. The lowest BCUT2D eigenvalue weighted by Gasteiger charge is -2.10. The molecule has 2 aromatic rings. The zero-order valence-electron chi connectivity index (χ0n) is 8.98. The van der Waals surface area contributed by atoms with Gasteiger partial charge in [-0.2, -0.15) is 21.6 Å². The van der Waals surface area contributed by atoms with Crippen molar-refractivity contribution in [1.82, 2.24) is 4.98 Å². The molecule has 0 unspecified atom stereocenters. The zero-order valence-corrected chi connectivity index (χ0v) is 9.80. The smallest absolute Gasteiger partial charge is 0.374 e. The molecule has 102 valence electrons. The Morgan fingerprint density at radius 3 is 2.47 bits per heavy atom. The maximum Gasteiger partial charge on any atom is 0.534 e. The molecule has 0 aliphatic carbocycles. The van der Waals surface area contributed by atoms with Crippen LogP contribution in [0.5, 0.6) is 5.75 Å². The van der Waals surface area contributed by atoms with Crippen molar-refractivity contribution in [2.75, 3.05) is 0 Å². The predicted molar refractivity (Wildman–Crippen MR) is 57.3 cm³/mol. The molecule has 9 heteroatoms. The molecule has 2 rings (SSSR count). The fourth-order valence-electron chi connectivity index (χ4n) is 1.34. The second-order valence-electron chi connectivity index (χ2n) is 3.43. The molecule has 1 aromatic carbocycles. The quantitative estimate of drug-likeness (QED) is 0.485. The highest BCUT2D eigenvalue weighted by Crippen LogP contribution is 2.31. The van der Waals surface area contributed by atoms with Gasteiger partial charge in [0.25, 0.3) is 0 Å². The third-order valence-electron chi connectivity index (χ3n) is 2.16. The van der Waals surface area contributed by atoms with E-state index in [9.17, 15) is 26.0 Å². The monoisotopic (exact) mass is 295 g/mol. The van der Waals surface area contributed by atoms with Gasteiger partial charge in [0.15, 0.2) is 5.75 Å². The topological polar surface area (TPSA) is 56.3 Å². The van der Waals surface area contributed by atoms with E-state index in [1.54, 1.807) is 0 Å². The Labute approximate surface area is 104 Å². The van der Waals surface area contributed by atoms with Gasteiger partial charge in [-0.05, 0) is 24.3 Å². The molecule has 0 N–H and O–H groups in total. The molecule has 0 saturated heterocycles. The fraction of sp³-hybridized carbons (Fsp3) is 0.100. The molecule has 4 nitrogen and oxygen atoms in total. The van der Waals surface area contributed by atoms with Gasteiger partial charge in [-0.3, -0.25) is 4.98 Å². The lowest BCUT2D eigenvalue weighted by molar-refractivity contribution is -0.0499. The van der Waals surface area contributed by atoms with Gasteiger partial charge >= 0.3 is 15.6 Å². The minimum absolute atomic E-state index is 0.141. The van der Waals surface area contributed by atoms with Gasteiger partial charge in [0.05, 0.1) is 0 Å². The number of rotatable bonds is 2. The Hall–Kier alpha value is -1.90. The summed E-state index contributed by atoms with van der Waals surface area (Å²) >= 11 is 0. The van der Waals surface area contributed by atoms with Crippen LogP contribution in [0.15, 0.2) is 30.5 Å². The van der Waals surface area contributed by atoms with Crippen LogP contribution in [0, 0.1) is 5.82 Å². The van der Waals surface area contributed by atoms with Crippen molar-refractivity contribution in [2.45, 2.75) is 5.51 Å². The number of hydrogen-bond acceptors (Lipinski definition) is 4. The summed E-state index contributed by atoms with van der Waals surface area (Å²) in [7, 11) is -5.82. The summed E-state index contributed by atoms with van der Waals surface area (Å²) in [6, 6.07) is 4.16. The number of hydrogen-bond donors (Lipinski definition) is 0. The fourth-order valence-corrected chi connectivity index (χ4v) is 1.81. The Bertz CT molecular complexity index is 727. The first-order valence-corrected chi connectivity index (χ1v) is 6.17. The average Bonchev–Trinajstić information content (AvgIpc) is 2.32. The van der Waals surface area contributed by atoms with Gasteiger partial charge in [0.1, 0.15) is 11.3 Å². The molecule has 1 aromatic heterocycles. The summed E-state index contributed by atoms with van der Waals surface area (Å²) in [5.41, 5.74) is -5.88. The van der Waals surface area contributed by atoms with E-state index in [-0.39, 0.29) is 10.9 Å². The summed E-state index contributed by atoms with van der Waals surface area (Å²) in [6.07, 6.45) is 1.18. The van der Waals surface area contributed by atoms with Crippen LogP contribution in [0.1, 0.15) is 0 Å². The summed E-state index contributed by atoms with van der Waals surface area (Å²) in [6.45, 7) is 0. The number of fused-ring (bicyclic) bond motifs is 1. The zero-order chi connectivity index (χ0) is 14.3. The first-order valence-electron chi connectivity index (χ1n) is 4.76. The predicted octanol–water partition coefficient (Wildman–Crippen LogP) is 2.60. The molecule has 0 spiro atoms. The van der Waals surface area contributed by atoms with E-state index in [2.05, 4.69) is 9.17 Å². The van der Waals surface area contributed by atoms with Crippen molar-refractivity contribution < 1.29 is 30.2 Å². The maximum atomic E-state index is 13.4. The molecule has 0 bridgehead atoms. The summed E-state index contributed by atoms with van der Waals surface area (Å²) in [5.74, 6) is -1.44. The van der Waals surface area contributed by atoms with Crippen LogP contribution in [-0.4, -0.2) is 18.9 Å². The van der Waals surface area contributed by atoms with Crippen LogP contribution >= 0.6 is 0 Å². The molecule has 0 amide bonds. The van der Waals surface area contributed by atoms with Crippen LogP contribution in [-0.2, 0) is 10.1 Å². The van der Waals surface area contributed by atoms with Crippen LogP contribution in [0.25, 0.3) is 10.9 Å². The second-order valence-corrected chi connectivity index (χ2v) is 4.97. The molecule has 0 atom stereocenters. The molecule has 0 aliphatic heterocycles. The van der Waals surface area contributed by atoms with E-state index < -0.39 is 27.2 Å². The van der Waals surface area contributed by atoms with E-state index in [4.69, 9.17) is 0 Å². The molecule has 0 radical (unpaired) electrons.